The van der Waals surface area contributed by atoms with E-state index in [0.29, 0.717) is 32.4 Å². The molecule has 28 heavy (non-hydrogen) atoms. The highest BCUT2D eigenvalue weighted by Crippen LogP contribution is 2.54. The number of likely N-dealkylation sites (N-methyl/N-ethyl adjacent to an activating group) is 1. The average Bonchev–Trinajstić information content (AvgIpc) is 2.67. The van der Waals surface area contributed by atoms with Crippen LogP contribution in [-0.4, -0.2) is 33.7 Å². The normalized spacial score (nSPS) is 11.7. The highest BCUT2D eigenvalue weighted by Gasteiger charge is 2.42. The van der Waals surface area contributed by atoms with Gasteiger partial charge >= 0.3 is 5.66 Å². The Kier molecular flexibility index (Phi) is 8.50. The van der Waals surface area contributed by atoms with Gasteiger partial charge in [-0.2, -0.15) is 8.78 Å². The van der Waals surface area contributed by atoms with Crippen molar-refractivity contribution in [1.82, 2.24) is 4.90 Å². The molecule has 0 atom stereocenters. The number of nitrogens with zero attached hydrogens (tertiary/aromatic N) is 1. The molecule has 0 radical (unpaired) electrons. The second-order valence-electron chi connectivity index (χ2n) is 6.35. The lowest BCUT2D eigenvalue weighted by Crippen LogP contribution is -2.32. The standard InChI is InChI=1S/C20H23BrF2NO3P/c1-2-24(19(25)11-9-15-6-4-3-5-7-15)13-12-16-8-10-17(18(21)14-16)20(22,23)28(26)27/h3-8,10,14,26-27H,2,9,11-13H2,1H3. The molecule has 152 valence electrons. The molecular formula is C20H23BrF2NO3P. The van der Waals surface area contributed by atoms with Crippen LogP contribution in [0.3, 0.4) is 0 Å². The minimum Gasteiger partial charge on any atom is -0.346 e. The van der Waals surface area contributed by atoms with Crippen molar-refractivity contribution in [1.29, 1.82) is 0 Å². The van der Waals surface area contributed by atoms with E-state index in [0.717, 1.165) is 11.1 Å². The number of amides is 1. The summed E-state index contributed by atoms with van der Waals surface area (Å²) in [4.78, 5) is 32.1. The summed E-state index contributed by atoms with van der Waals surface area (Å²) in [6, 6.07) is 14.0. The monoisotopic (exact) mass is 473 g/mol. The third-order valence-corrected chi connectivity index (χ3v) is 5.88. The second kappa shape index (κ2) is 10.4. The van der Waals surface area contributed by atoms with E-state index in [1.807, 2.05) is 37.3 Å². The molecule has 8 heteroatoms. The average molecular weight is 474 g/mol. The predicted molar refractivity (Wildman–Crippen MR) is 110 cm³/mol. The number of carbonyl (C=O) groups excluding carboxylic acids is 1. The van der Waals surface area contributed by atoms with Crippen LogP contribution < -0.4 is 0 Å². The Hall–Kier alpha value is -1.40. The lowest BCUT2D eigenvalue weighted by Gasteiger charge is -2.22. The van der Waals surface area contributed by atoms with Gasteiger partial charge in [-0.05, 0) is 37.0 Å². The topological polar surface area (TPSA) is 60.8 Å². The van der Waals surface area contributed by atoms with E-state index in [9.17, 15) is 13.6 Å². The SMILES string of the molecule is CCN(CCc1ccc(C(F)(F)P(O)O)c(Br)c1)C(=O)CCc1ccccc1. The molecule has 1 amide bonds. The molecule has 0 aliphatic heterocycles. The number of carbonyl (C=O) groups is 1. The molecule has 2 aromatic rings. The van der Waals surface area contributed by atoms with Gasteiger partial charge in [0.1, 0.15) is 0 Å². The molecule has 0 saturated heterocycles. The van der Waals surface area contributed by atoms with Gasteiger partial charge in [-0.15, -0.1) is 0 Å². The summed E-state index contributed by atoms with van der Waals surface area (Å²) in [7, 11) is -3.42. The van der Waals surface area contributed by atoms with Crippen molar-refractivity contribution in [2.45, 2.75) is 31.8 Å². The van der Waals surface area contributed by atoms with Crippen molar-refractivity contribution in [3.63, 3.8) is 0 Å². The van der Waals surface area contributed by atoms with Gasteiger partial charge in [-0.1, -0.05) is 58.4 Å². The summed E-state index contributed by atoms with van der Waals surface area (Å²) in [5.41, 5.74) is -2.27. The predicted octanol–water partition coefficient (Wildman–Crippen LogP) is 4.82. The molecule has 0 aliphatic carbocycles. The molecule has 0 fully saturated rings. The zero-order valence-corrected chi connectivity index (χ0v) is 18.0. The van der Waals surface area contributed by atoms with Gasteiger partial charge < -0.3 is 14.7 Å². The summed E-state index contributed by atoms with van der Waals surface area (Å²) in [6.07, 6.45) is 1.61. The number of halogens is 3. The third-order valence-electron chi connectivity index (χ3n) is 4.48. The molecule has 0 saturated carbocycles. The maximum atomic E-state index is 13.8. The van der Waals surface area contributed by atoms with Crippen LogP contribution in [0.4, 0.5) is 8.78 Å². The Labute approximate surface area is 173 Å². The molecule has 0 spiro atoms. The van der Waals surface area contributed by atoms with Crippen LogP contribution in [0.15, 0.2) is 53.0 Å². The number of rotatable bonds is 9. The minimum atomic E-state index is -3.70. The van der Waals surface area contributed by atoms with Crippen molar-refractivity contribution in [2.24, 2.45) is 0 Å². The van der Waals surface area contributed by atoms with Gasteiger partial charge in [-0.25, -0.2) is 0 Å². The number of alkyl halides is 2. The molecule has 0 heterocycles. The van der Waals surface area contributed by atoms with Gasteiger partial charge in [0, 0.05) is 29.5 Å². The first-order chi connectivity index (χ1) is 13.3. The van der Waals surface area contributed by atoms with Gasteiger partial charge in [-0.3, -0.25) is 4.79 Å². The summed E-state index contributed by atoms with van der Waals surface area (Å²) in [5, 5.41) is 0. The quantitative estimate of drug-likeness (QED) is 0.513. The molecule has 0 bridgehead atoms. The third kappa shape index (κ3) is 6.05. The van der Waals surface area contributed by atoms with Crippen molar-refractivity contribution in [2.75, 3.05) is 13.1 Å². The fourth-order valence-corrected chi connectivity index (χ4v) is 4.08. The maximum Gasteiger partial charge on any atom is 0.340 e. The van der Waals surface area contributed by atoms with E-state index in [-0.39, 0.29) is 10.4 Å². The van der Waals surface area contributed by atoms with E-state index in [1.165, 1.54) is 18.2 Å². The Bertz CT molecular complexity index is 790. The van der Waals surface area contributed by atoms with E-state index < -0.39 is 19.6 Å². The lowest BCUT2D eigenvalue weighted by atomic mass is 10.1. The van der Waals surface area contributed by atoms with Crippen LogP contribution in [0, 0.1) is 0 Å². The van der Waals surface area contributed by atoms with Crippen LogP contribution in [0.25, 0.3) is 0 Å². The first-order valence-corrected chi connectivity index (χ1v) is 11.0. The number of hydrogen-bond acceptors (Lipinski definition) is 3. The van der Waals surface area contributed by atoms with Gasteiger partial charge in [0.25, 0.3) is 0 Å². The zero-order valence-electron chi connectivity index (χ0n) is 15.5. The van der Waals surface area contributed by atoms with Crippen LogP contribution in [0.5, 0.6) is 0 Å². The van der Waals surface area contributed by atoms with Gasteiger partial charge in [0.05, 0.1) is 0 Å². The van der Waals surface area contributed by atoms with Crippen LogP contribution in [0.2, 0.25) is 0 Å². The number of aryl methyl sites for hydroxylation is 1. The molecule has 0 aliphatic rings. The highest BCUT2D eigenvalue weighted by molar-refractivity contribution is 9.10. The summed E-state index contributed by atoms with van der Waals surface area (Å²) >= 11 is 3.08. The van der Waals surface area contributed by atoms with Crippen molar-refractivity contribution in [3.05, 3.63) is 69.7 Å². The van der Waals surface area contributed by atoms with Crippen molar-refractivity contribution < 1.29 is 23.4 Å². The largest absolute Gasteiger partial charge is 0.346 e. The van der Waals surface area contributed by atoms with Gasteiger partial charge in [0.15, 0.2) is 0 Å². The zero-order chi connectivity index (χ0) is 20.7. The van der Waals surface area contributed by atoms with Crippen LogP contribution in [-0.2, 0) is 23.3 Å². The Morgan fingerprint density at radius 2 is 1.79 bits per heavy atom. The lowest BCUT2D eigenvalue weighted by molar-refractivity contribution is -0.130. The van der Waals surface area contributed by atoms with E-state index in [1.54, 1.807) is 4.90 Å². The minimum absolute atomic E-state index is 0.0553. The fourth-order valence-electron chi connectivity index (χ4n) is 2.84. The molecule has 0 aromatic heterocycles. The molecule has 2 aromatic carbocycles. The first kappa shape index (κ1) is 22.9. The fraction of sp³-hybridized carbons (Fsp3) is 0.350. The van der Waals surface area contributed by atoms with Crippen LogP contribution >= 0.6 is 24.3 Å². The Morgan fingerprint density at radius 1 is 1.11 bits per heavy atom. The van der Waals surface area contributed by atoms with E-state index in [4.69, 9.17) is 9.79 Å². The molecule has 0 unspecified atom stereocenters. The maximum absolute atomic E-state index is 13.8. The number of hydrogen-bond donors (Lipinski definition) is 2. The molecule has 4 nitrogen and oxygen atoms in total. The van der Waals surface area contributed by atoms with E-state index >= 15 is 0 Å². The smallest absolute Gasteiger partial charge is 0.340 e. The summed E-state index contributed by atoms with van der Waals surface area (Å²) < 4.78 is 27.7. The molecular weight excluding hydrogens is 451 g/mol. The molecule has 2 N–H and O–H groups in total. The van der Waals surface area contributed by atoms with Gasteiger partial charge in [0.2, 0.25) is 14.3 Å². The Balaban J connectivity index is 1.95. The Morgan fingerprint density at radius 3 is 2.36 bits per heavy atom. The van der Waals surface area contributed by atoms with Crippen molar-refractivity contribution >= 4 is 30.2 Å². The first-order valence-electron chi connectivity index (χ1n) is 8.92. The molecule has 2 rings (SSSR count). The summed E-state index contributed by atoms with van der Waals surface area (Å²) in [6.45, 7) is 2.97. The van der Waals surface area contributed by atoms with E-state index in [2.05, 4.69) is 15.9 Å². The van der Waals surface area contributed by atoms with Crippen molar-refractivity contribution in [3.8, 4) is 0 Å². The van der Waals surface area contributed by atoms with Crippen LogP contribution in [0.1, 0.15) is 30.0 Å². The highest BCUT2D eigenvalue weighted by atomic mass is 79.9. The number of benzene rings is 2. The second-order valence-corrected chi connectivity index (χ2v) is 8.35. The summed E-state index contributed by atoms with van der Waals surface area (Å²) in [5.74, 6) is 0.0553.